The summed E-state index contributed by atoms with van der Waals surface area (Å²) in [6, 6.07) is 3.80. The van der Waals surface area contributed by atoms with Crippen LogP contribution in [0.3, 0.4) is 0 Å². The van der Waals surface area contributed by atoms with Gasteiger partial charge in [-0.2, -0.15) is 0 Å². The number of benzene rings is 1. The summed E-state index contributed by atoms with van der Waals surface area (Å²) in [5.41, 5.74) is 1.71. The number of rotatable bonds is 2. The second-order valence-corrected chi connectivity index (χ2v) is 8.13. The van der Waals surface area contributed by atoms with Crippen molar-refractivity contribution < 1.29 is 9.53 Å². The smallest absolute Gasteiger partial charge is 0.264 e. The van der Waals surface area contributed by atoms with E-state index in [9.17, 15) is 4.79 Å². The van der Waals surface area contributed by atoms with E-state index in [1.54, 1.807) is 12.1 Å². The first-order valence-electron chi connectivity index (χ1n) is 8.19. The van der Waals surface area contributed by atoms with E-state index >= 15 is 0 Å². The summed E-state index contributed by atoms with van der Waals surface area (Å²) in [6.45, 7) is 0.362. The Balaban J connectivity index is 1.56. The lowest BCUT2D eigenvalue weighted by Gasteiger charge is -2.17. The van der Waals surface area contributed by atoms with Crippen LogP contribution in [0.2, 0.25) is 10.0 Å². The van der Waals surface area contributed by atoms with Crippen molar-refractivity contribution >= 4 is 52.1 Å². The number of hydrogen-bond acceptors (Lipinski definition) is 4. The van der Waals surface area contributed by atoms with E-state index in [0.717, 1.165) is 24.0 Å². The Morgan fingerprint density at radius 3 is 2.88 bits per heavy atom. The van der Waals surface area contributed by atoms with Crippen molar-refractivity contribution in [2.45, 2.75) is 31.7 Å². The first-order chi connectivity index (χ1) is 12.1. The summed E-state index contributed by atoms with van der Waals surface area (Å²) < 4.78 is 5.73. The number of halogens is 2. The molecule has 25 heavy (non-hydrogen) atoms. The number of nitrogens with one attached hydrogen (secondary N) is 1. The molecular weight excluding hydrogens is 379 g/mol. The van der Waals surface area contributed by atoms with Crippen LogP contribution in [0.1, 0.15) is 31.2 Å². The van der Waals surface area contributed by atoms with Gasteiger partial charge in [-0.3, -0.25) is 9.79 Å². The Hall–Kier alpha value is -1.43. The molecule has 0 bridgehead atoms. The summed E-state index contributed by atoms with van der Waals surface area (Å²) in [5.74, 6) is 0.512. The molecule has 1 N–H and O–H groups in total. The molecule has 4 rings (SSSR count). The molecule has 2 aliphatic heterocycles. The minimum Gasteiger partial charge on any atom is -0.487 e. The molecule has 130 valence electrons. The number of carbonyl (C=O) groups is 1. The fraction of sp³-hybridized carbons (Fsp3) is 0.333. The fourth-order valence-corrected chi connectivity index (χ4v) is 4.65. The predicted molar refractivity (Wildman–Crippen MR) is 103 cm³/mol. The summed E-state index contributed by atoms with van der Waals surface area (Å²) in [5, 5.41) is 4.60. The third-order valence-corrected chi connectivity index (χ3v) is 5.78. The van der Waals surface area contributed by atoms with Gasteiger partial charge in [-0.05, 0) is 54.5 Å². The number of hydrogen-bond donors (Lipinski definition) is 1. The van der Waals surface area contributed by atoms with E-state index < -0.39 is 0 Å². The highest BCUT2D eigenvalue weighted by Gasteiger charge is 2.26. The molecule has 0 unspecified atom stereocenters. The van der Waals surface area contributed by atoms with Gasteiger partial charge < -0.3 is 10.1 Å². The van der Waals surface area contributed by atoms with Gasteiger partial charge >= 0.3 is 0 Å². The molecule has 1 aromatic rings. The second kappa shape index (κ2) is 7.06. The van der Waals surface area contributed by atoms with Gasteiger partial charge in [0.2, 0.25) is 0 Å². The molecule has 1 amide bonds. The highest BCUT2D eigenvalue weighted by atomic mass is 35.5. The Morgan fingerprint density at radius 1 is 1.28 bits per heavy atom. The van der Waals surface area contributed by atoms with Gasteiger partial charge in [0.15, 0.2) is 5.17 Å². The first-order valence-corrected chi connectivity index (χ1v) is 9.77. The van der Waals surface area contributed by atoms with Crippen LogP contribution in [0.4, 0.5) is 0 Å². The summed E-state index contributed by atoms with van der Waals surface area (Å²) in [4.78, 5) is 17.5. The van der Waals surface area contributed by atoms with Crippen molar-refractivity contribution in [3.05, 3.63) is 44.3 Å². The maximum absolute atomic E-state index is 12.2. The number of aliphatic imine (C=N–C) groups is 1. The number of thioether (sulfide) groups is 1. The van der Waals surface area contributed by atoms with Crippen molar-refractivity contribution in [3.63, 3.8) is 0 Å². The van der Waals surface area contributed by atoms with Gasteiger partial charge in [-0.25, -0.2) is 0 Å². The normalized spacial score (nSPS) is 23.6. The van der Waals surface area contributed by atoms with Gasteiger partial charge in [0.05, 0.1) is 16.0 Å². The number of amides is 1. The van der Waals surface area contributed by atoms with Crippen LogP contribution in [0, 0.1) is 0 Å². The minimum absolute atomic E-state index is 0.113. The quantitative estimate of drug-likeness (QED) is 0.731. The summed E-state index contributed by atoms with van der Waals surface area (Å²) in [7, 11) is 0. The number of fused-ring (bicyclic) bond motifs is 1. The lowest BCUT2D eigenvalue weighted by atomic mass is 10.1. The molecule has 0 radical (unpaired) electrons. The van der Waals surface area contributed by atoms with E-state index in [4.69, 9.17) is 27.9 Å². The van der Waals surface area contributed by atoms with Crippen LogP contribution >= 0.6 is 35.0 Å². The third-order valence-electron chi connectivity index (χ3n) is 4.35. The number of ether oxygens (including phenoxy) is 1. The van der Waals surface area contributed by atoms with Gasteiger partial charge in [0, 0.05) is 10.6 Å². The van der Waals surface area contributed by atoms with Crippen LogP contribution in [0.25, 0.3) is 6.08 Å². The van der Waals surface area contributed by atoms with Crippen LogP contribution in [0.5, 0.6) is 5.75 Å². The summed E-state index contributed by atoms with van der Waals surface area (Å²) in [6.07, 6.45) is 8.44. The molecular formula is C18H16Cl2N2O2S. The van der Waals surface area contributed by atoms with Crippen LogP contribution < -0.4 is 10.1 Å². The highest BCUT2D eigenvalue weighted by molar-refractivity contribution is 8.18. The van der Waals surface area contributed by atoms with Crippen molar-refractivity contribution in [1.82, 2.24) is 5.32 Å². The second-order valence-electron chi connectivity index (χ2n) is 6.25. The SMILES string of the molecule is O=C1NC(=NC2CCCC2)S/C1=C\C1=Cc2cc(Cl)cc(Cl)c2OC1. The van der Waals surface area contributed by atoms with Crippen molar-refractivity contribution in [3.8, 4) is 5.75 Å². The zero-order valence-electron chi connectivity index (χ0n) is 13.4. The maximum Gasteiger partial charge on any atom is 0.264 e. The predicted octanol–water partition coefficient (Wildman–Crippen LogP) is 4.81. The minimum atomic E-state index is -0.113. The molecule has 4 nitrogen and oxygen atoms in total. The van der Waals surface area contributed by atoms with E-state index in [1.165, 1.54) is 24.6 Å². The zero-order chi connectivity index (χ0) is 17.4. The van der Waals surface area contributed by atoms with Crippen molar-refractivity contribution in [1.29, 1.82) is 0 Å². The Bertz CT molecular complexity index is 827. The molecule has 2 fully saturated rings. The van der Waals surface area contributed by atoms with Gasteiger partial charge in [0.1, 0.15) is 12.4 Å². The Labute approximate surface area is 160 Å². The highest BCUT2D eigenvalue weighted by Crippen LogP contribution is 2.37. The van der Waals surface area contributed by atoms with Crippen molar-refractivity contribution in [2.24, 2.45) is 4.99 Å². The van der Waals surface area contributed by atoms with E-state index in [0.29, 0.717) is 38.5 Å². The lowest BCUT2D eigenvalue weighted by molar-refractivity contribution is -0.115. The van der Waals surface area contributed by atoms with Gasteiger partial charge in [-0.1, -0.05) is 36.0 Å². The van der Waals surface area contributed by atoms with E-state index in [-0.39, 0.29) is 5.91 Å². The molecule has 3 aliphatic rings. The molecule has 2 heterocycles. The molecule has 1 saturated carbocycles. The monoisotopic (exact) mass is 394 g/mol. The van der Waals surface area contributed by atoms with Crippen LogP contribution in [-0.2, 0) is 4.79 Å². The Kier molecular flexibility index (Phi) is 4.80. The lowest BCUT2D eigenvalue weighted by Crippen LogP contribution is -2.21. The maximum atomic E-state index is 12.2. The Morgan fingerprint density at radius 2 is 2.08 bits per heavy atom. The van der Waals surface area contributed by atoms with Crippen LogP contribution in [0.15, 0.2) is 33.7 Å². The largest absolute Gasteiger partial charge is 0.487 e. The van der Waals surface area contributed by atoms with Crippen molar-refractivity contribution in [2.75, 3.05) is 6.61 Å². The fourth-order valence-electron chi connectivity index (χ4n) is 3.18. The number of carbonyl (C=O) groups excluding carboxylic acids is 1. The topological polar surface area (TPSA) is 50.7 Å². The average Bonchev–Trinajstić information content (AvgIpc) is 3.17. The number of nitrogens with zero attached hydrogens (tertiary/aromatic N) is 1. The van der Waals surface area contributed by atoms with Gasteiger partial charge in [-0.15, -0.1) is 0 Å². The molecule has 1 aromatic carbocycles. The number of amidine groups is 1. The van der Waals surface area contributed by atoms with E-state index in [2.05, 4.69) is 10.3 Å². The molecule has 1 aliphatic carbocycles. The summed E-state index contributed by atoms with van der Waals surface area (Å²) >= 11 is 13.6. The molecule has 0 atom stereocenters. The molecule has 1 saturated heterocycles. The molecule has 0 aromatic heterocycles. The zero-order valence-corrected chi connectivity index (χ0v) is 15.7. The van der Waals surface area contributed by atoms with E-state index in [1.807, 2.05) is 12.2 Å². The van der Waals surface area contributed by atoms with Gasteiger partial charge in [0.25, 0.3) is 5.91 Å². The molecule has 7 heteroatoms. The first kappa shape index (κ1) is 17.0. The molecule has 0 spiro atoms. The standard InChI is InChI=1S/C18H16Cl2N2O2S/c19-12-7-11-5-10(9-24-16(11)14(20)8-12)6-15-17(23)22-18(25-15)21-13-3-1-2-4-13/h5-8,13H,1-4,9H2,(H,21,22,23)/b15-6-. The third kappa shape index (κ3) is 3.73. The average molecular weight is 395 g/mol. The van der Waals surface area contributed by atoms with Crippen LogP contribution in [-0.4, -0.2) is 23.7 Å².